The van der Waals surface area contributed by atoms with Crippen molar-refractivity contribution in [3.8, 4) is 11.4 Å². The monoisotopic (exact) mass is 449 g/mol. The van der Waals surface area contributed by atoms with Crippen LogP contribution in [0.1, 0.15) is 0 Å². The van der Waals surface area contributed by atoms with Crippen molar-refractivity contribution in [2.24, 2.45) is 0 Å². The van der Waals surface area contributed by atoms with E-state index >= 15 is 0 Å². The highest BCUT2D eigenvalue weighted by Gasteiger charge is 2.20. The number of nitrogens with zero attached hydrogens (tertiary/aromatic N) is 3. The van der Waals surface area contributed by atoms with Crippen molar-refractivity contribution >= 4 is 54.8 Å². The Morgan fingerprint density at radius 2 is 1.20 bits per heavy atom. The maximum Gasteiger partial charge on any atom is 0.213 e. The summed E-state index contributed by atoms with van der Waals surface area (Å²) in [4.78, 5) is 4.44. The van der Waals surface area contributed by atoms with E-state index < -0.39 is 0 Å². The van der Waals surface area contributed by atoms with Gasteiger partial charge < -0.3 is 8.98 Å². The van der Waals surface area contributed by atoms with Crippen LogP contribution in [0.5, 0.6) is 0 Å². The molecule has 0 fully saturated rings. The SMILES string of the molecule is c1cc(-n2c3ccccc3c3ccccc32)cc(-n2c3cnccc3c3c4ccccc4oc32)c1. The van der Waals surface area contributed by atoms with Gasteiger partial charge in [0.1, 0.15) is 5.58 Å². The fourth-order valence-electron chi connectivity index (χ4n) is 5.56. The second-order valence-electron chi connectivity index (χ2n) is 8.90. The lowest BCUT2D eigenvalue weighted by molar-refractivity contribution is 0.645. The summed E-state index contributed by atoms with van der Waals surface area (Å²) in [7, 11) is 0. The van der Waals surface area contributed by atoms with Gasteiger partial charge in [0.2, 0.25) is 5.71 Å². The van der Waals surface area contributed by atoms with Crippen LogP contribution in [0.4, 0.5) is 0 Å². The number of aromatic nitrogens is 3. The van der Waals surface area contributed by atoms with Gasteiger partial charge in [-0.1, -0.05) is 60.7 Å². The predicted octanol–water partition coefficient (Wildman–Crippen LogP) is 8.02. The molecule has 4 aromatic heterocycles. The number of benzene rings is 4. The molecule has 0 amide bonds. The van der Waals surface area contributed by atoms with Crippen molar-refractivity contribution in [2.75, 3.05) is 0 Å². The molecule has 0 radical (unpaired) electrons. The third kappa shape index (κ3) is 2.48. The van der Waals surface area contributed by atoms with Gasteiger partial charge in [-0.05, 0) is 42.5 Å². The zero-order valence-electron chi connectivity index (χ0n) is 18.7. The molecule has 8 rings (SSSR count). The van der Waals surface area contributed by atoms with Gasteiger partial charge in [-0.25, -0.2) is 0 Å². The maximum absolute atomic E-state index is 6.42. The quantitative estimate of drug-likeness (QED) is 0.268. The largest absolute Gasteiger partial charge is 0.439 e. The average molecular weight is 450 g/mol. The second kappa shape index (κ2) is 6.84. The summed E-state index contributed by atoms with van der Waals surface area (Å²) in [5, 5.41) is 5.89. The molecular formula is C31H19N3O. The molecule has 4 heterocycles. The van der Waals surface area contributed by atoms with Crippen LogP contribution in [0, 0.1) is 0 Å². The van der Waals surface area contributed by atoms with Crippen LogP contribution in [0.15, 0.2) is 120 Å². The number of pyridine rings is 1. The summed E-state index contributed by atoms with van der Waals surface area (Å²) >= 11 is 0. The molecule has 0 atom stereocenters. The highest BCUT2D eigenvalue weighted by Crippen LogP contribution is 2.39. The number of para-hydroxylation sites is 3. The van der Waals surface area contributed by atoms with Crippen LogP contribution >= 0.6 is 0 Å². The summed E-state index contributed by atoms with van der Waals surface area (Å²) in [6.45, 7) is 0. The Morgan fingerprint density at radius 3 is 1.97 bits per heavy atom. The van der Waals surface area contributed by atoms with Gasteiger partial charge in [0.05, 0.1) is 33.8 Å². The van der Waals surface area contributed by atoms with E-state index in [4.69, 9.17) is 4.42 Å². The number of hydrogen-bond donors (Lipinski definition) is 0. The minimum absolute atomic E-state index is 0.841. The van der Waals surface area contributed by atoms with E-state index in [1.165, 1.54) is 21.8 Å². The molecule has 164 valence electrons. The van der Waals surface area contributed by atoms with E-state index in [-0.39, 0.29) is 0 Å². The number of fused-ring (bicyclic) bond motifs is 8. The third-order valence-electron chi connectivity index (χ3n) is 7.02. The first-order chi connectivity index (χ1) is 17.4. The lowest BCUT2D eigenvalue weighted by atomic mass is 10.1. The topological polar surface area (TPSA) is 35.9 Å². The van der Waals surface area contributed by atoms with Crippen molar-refractivity contribution in [2.45, 2.75) is 0 Å². The van der Waals surface area contributed by atoms with E-state index in [1.807, 2.05) is 24.5 Å². The predicted molar refractivity (Wildman–Crippen MR) is 143 cm³/mol. The molecule has 4 heteroatoms. The van der Waals surface area contributed by atoms with Gasteiger partial charge in [-0.15, -0.1) is 0 Å². The van der Waals surface area contributed by atoms with E-state index in [2.05, 4.69) is 105 Å². The number of hydrogen-bond acceptors (Lipinski definition) is 2. The summed E-state index contributed by atoms with van der Waals surface area (Å²) in [5.74, 6) is 0. The van der Waals surface area contributed by atoms with E-state index in [1.54, 1.807) is 0 Å². The first-order valence-corrected chi connectivity index (χ1v) is 11.7. The zero-order chi connectivity index (χ0) is 22.9. The minimum atomic E-state index is 0.841. The fourth-order valence-corrected chi connectivity index (χ4v) is 5.56. The molecule has 0 bridgehead atoms. The Morgan fingerprint density at radius 1 is 0.543 bits per heavy atom. The van der Waals surface area contributed by atoms with Gasteiger partial charge in [0.15, 0.2) is 0 Å². The third-order valence-corrected chi connectivity index (χ3v) is 7.02. The van der Waals surface area contributed by atoms with Gasteiger partial charge in [0.25, 0.3) is 0 Å². The smallest absolute Gasteiger partial charge is 0.213 e. The number of furan rings is 1. The van der Waals surface area contributed by atoms with Crippen LogP contribution in [-0.2, 0) is 0 Å². The molecule has 0 N–H and O–H groups in total. The van der Waals surface area contributed by atoms with Crippen LogP contribution in [-0.4, -0.2) is 14.1 Å². The van der Waals surface area contributed by atoms with Gasteiger partial charge in [0, 0.05) is 33.4 Å². The lowest BCUT2D eigenvalue weighted by Gasteiger charge is -2.11. The van der Waals surface area contributed by atoms with Crippen LogP contribution in [0.3, 0.4) is 0 Å². The Kier molecular flexibility index (Phi) is 3.63. The molecule has 4 aromatic carbocycles. The van der Waals surface area contributed by atoms with Crippen LogP contribution in [0.25, 0.3) is 66.2 Å². The fraction of sp³-hybridized carbons (Fsp3) is 0. The standard InChI is InChI=1S/C31H19N3O/c1-4-13-26-22(10-1)23-11-2-5-14-27(23)33(26)20-8-7-9-21(18-20)34-28-19-32-17-16-24(28)30-25-12-3-6-15-29(25)35-31(30)34/h1-19H. The summed E-state index contributed by atoms with van der Waals surface area (Å²) in [6.07, 6.45) is 3.77. The van der Waals surface area contributed by atoms with Crippen molar-refractivity contribution in [3.63, 3.8) is 0 Å². The molecule has 8 aromatic rings. The molecule has 0 aliphatic carbocycles. The maximum atomic E-state index is 6.42. The molecule has 0 aliphatic heterocycles. The molecule has 0 saturated carbocycles. The van der Waals surface area contributed by atoms with Gasteiger partial charge in [-0.2, -0.15) is 0 Å². The summed E-state index contributed by atoms with van der Waals surface area (Å²) in [5.41, 5.74) is 7.30. The second-order valence-corrected chi connectivity index (χ2v) is 8.90. The average Bonchev–Trinajstić information content (AvgIpc) is 3.55. The Hall–Kier alpha value is -4.83. The highest BCUT2D eigenvalue weighted by molar-refractivity contribution is 6.19. The molecule has 35 heavy (non-hydrogen) atoms. The molecule has 0 aliphatic rings. The van der Waals surface area contributed by atoms with Crippen molar-refractivity contribution in [1.82, 2.24) is 14.1 Å². The Labute approximate surface area is 200 Å². The summed E-state index contributed by atoms with van der Waals surface area (Å²) < 4.78 is 11.0. The first-order valence-electron chi connectivity index (χ1n) is 11.7. The molecule has 0 saturated heterocycles. The van der Waals surface area contributed by atoms with Crippen molar-refractivity contribution in [1.29, 1.82) is 0 Å². The Bertz CT molecular complexity index is 2020. The Balaban J connectivity index is 1.46. The van der Waals surface area contributed by atoms with E-state index in [0.29, 0.717) is 0 Å². The number of rotatable bonds is 2. The van der Waals surface area contributed by atoms with Crippen LogP contribution in [0.2, 0.25) is 0 Å². The zero-order valence-corrected chi connectivity index (χ0v) is 18.7. The summed E-state index contributed by atoms with van der Waals surface area (Å²) in [6, 6.07) is 36.1. The molecule has 4 nitrogen and oxygen atoms in total. The molecular weight excluding hydrogens is 430 g/mol. The van der Waals surface area contributed by atoms with Crippen molar-refractivity contribution in [3.05, 3.63) is 116 Å². The lowest BCUT2D eigenvalue weighted by Crippen LogP contribution is -1.98. The van der Waals surface area contributed by atoms with Crippen molar-refractivity contribution < 1.29 is 4.42 Å². The van der Waals surface area contributed by atoms with Crippen LogP contribution < -0.4 is 0 Å². The van der Waals surface area contributed by atoms with Gasteiger partial charge in [-0.3, -0.25) is 9.55 Å². The minimum Gasteiger partial charge on any atom is -0.439 e. The van der Waals surface area contributed by atoms with E-state index in [9.17, 15) is 0 Å². The van der Waals surface area contributed by atoms with Gasteiger partial charge >= 0.3 is 0 Å². The first kappa shape index (κ1) is 18.6. The normalized spacial score (nSPS) is 12.0. The molecule has 0 unspecified atom stereocenters. The molecule has 0 spiro atoms. The highest BCUT2D eigenvalue weighted by atomic mass is 16.3. The van der Waals surface area contributed by atoms with E-state index in [0.717, 1.165) is 44.3 Å².